The average Bonchev–Trinajstić information content (AvgIpc) is 2.95. The first-order valence-corrected chi connectivity index (χ1v) is 19.1. The highest BCUT2D eigenvalue weighted by atomic mass is 31.2. The minimum absolute atomic E-state index is 0.234. The number of anilines is 1. The van der Waals surface area contributed by atoms with E-state index in [1.165, 1.54) is 27.2 Å². The van der Waals surface area contributed by atoms with Crippen molar-refractivity contribution in [1.82, 2.24) is 0 Å². The first-order valence-electron chi connectivity index (χ1n) is 14.2. The van der Waals surface area contributed by atoms with Crippen LogP contribution in [0.2, 0.25) is 18.1 Å². The van der Waals surface area contributed by atoms with E-state index >= 15 is 0 Å². The van der Waals surface area contributed by atoms with Gasteiger partial charge in [0.05, 0.1) is 12.8 Å². The van der Waals surface area contributed by atoms with Gasteiger partial charge in [0.1, 0.15) is 23.2 Å². The third-order valence-corrected chi connectivity index (χ3v) is 17.2. The largest absolute Gasteiger partial charge is 0.415 e. The summed E-state index contributed by atoms with van der Waals surface area (Å²) in [5.74, 6) is 0. The first kappa shape index (κ1) is 29.3. The summed E-state index contributed by atoms with van der Waals surface area (Å²) in [6, 6.07) is 42.7. The van der Waals surface area contributed by atoms with Crippen LogP contribution in [0.4, 0.5) is 5.69 Å². The molecule has 0 unspecified atom stereocenters. The summed E-state index contributed by atoms with van der Waals surface area (Å²) in [5.41, 5.74) is 2.64. The predicted octanol–water partition coefficient (Wildman–Crippen LogP) is 8.03. The minimum atomic E-state index is -1.90. The Morgan fingerprint density at radius 3 is 1.49 bits per heavy atom. The van der Waals surface area contributed by atoms with Crippen LogP contribution < -0.4 is 20.8 Å². The van der Waals surface area contributed by atoms with Gasteiger partial charge in [-0.25, -0.2) is 0 Å². The Kier molecular flexibility index (Phi) is 9.49. The van der Waals surface area contributed by atoms with Crippen molar-refractivity contribution in [2.45, 2.75) is 52.0 Å². The molecule has 204 valence electrons. The Morgan fingerprint density at radius 2 is 1.10 bits per heavy atom. The molecule has 2 nitrogen and oxygen atoms in total. The maximum atomic E-state index is 6.49. The minimum Gasteiger partial charge on any atom is -0.415 e. The molecule has 0 radical (unpaired) electrons. The van der Waals surface area contributed by atoms with E-state index in [9.17, 15) is 0 Å². The van der Waals surface area contributed by atoms with Gasteiger partial charge >= 0.3 is 0 Å². The molecule has 39 heavy (non-hydrogen) atoms. The normalized spacial score (nSPS) is 12.4. The number of benzene rings is 4. The molecule has 4 rings (SSSR count). The monoisotopic (exact) mass is 554 g/mol. The van der Waals surface area contributed by atoms with Crippen LogP contribution in [0, 0.1) is 0 Å². The predicted molar refractivity (Wildman–Crippen MR) is 176 cm³/mol. The van der Waals surface area contributed by atoms with Crippen molar-refractivity contribution in [3.63, 3.8) is 0 Å². The lowest BCUT2D eigenvalue weighted by atomic mass is 10.2. The van der Waals surface area contributed by atoms with Crippen molar-refractivity contribution in [1.29, 1.82) is 0 Å². The van der Waals surface area contributed by atoms with Crippen LogP contribution in [-0.4, -0.2) is 28.0 Å². The summed E-state index contributed by atoms with van der Waals surface area (Å²) in [7, 11) is -3.64. The second-order valence-corrected chi connectivity index (χ2v) is 20.1. The van der Waals surface area contributed by atoms with Gasteiger partial charge in [-0.1, -0.05) is 87.5 Å². The quantitative estimate of drug-likeness (QED) is 0.137. The number of likely N-dealkylation sites (N-methyl/N-ethyl adjacent to an activating group) is 1. The third-order valence-electron chi connectivity index (χ3n) is 8.32. The molecule has 0 fully saturated rings. The molecule has 0 bridgehead atoms. The van der Waals surface area contributed by atoms with Gasteiger partial charge in [-0.2, -0.15) is 0 Å². The molecule has 0 saturated heterocycles. The fraction of sp³-hybridized carbons (Fsp3) is 0.314. The second-order valence-electron chi connectivity index (χ2n) is 11.8. The van der Waals surface area contributed by atoms with Gasteiger partial charge in [-0.05, 0) is 79.2 Å². The molecule has 0 aliphatic carbocycles. The van der Waals surface area contributed by atoms with E-state index in [4.69, 9.17) is 4.43 Å². The Bertz CT molecular complexity index is 1190. The van der Waals surface area contributed by atoms with E-state index in [2.05, 4.69) is 161 Å². The van der Waals surface area contributed by atoms with Crippen molar-refractivity contribution in [3.8, 4) is 0 Å². The first-order chi connectivity index (χ1) is 18.7. The molecule has 0 amide bonds. The SMILES string of the molecule is CCN(CCO[Si](C)(C)C(C)(C)C)c1ccc(C[P+](c2ccccc2)(c2ccccc2)c2ccccc2)cc1. The van der Waals surface area contributed by atoms with Gasteiger partial charge in [-0.3, -0.25) is 0 Å². The highest BCUT2D eigenvalue weighted by Crippen LogP contribution is 2.58. The van der Waals surface area contributed by atoms with Crippen molar-refractivity contribution in [2.24, 2.45) is 0 Å². The average molecular weight is 555 g/mol. The van der Waals surface area contributed by atoms with Crippen LogP contribution in [-0.2, 0) is 10.6 Å². The summed E-state index contributed by atoms with van der Waals surface area (Å²) in [4.78, 5) is 2.44. The molecular weight excluding hydrogens is 509 g/mol. The summed E-state index contributed by atoms with van der Waals surface area (Å²) < 4.78 is 6.49. The van der Waals surface area contributed by atoms with Gasteiger partial charge < -0.3 is 9.33 Å². The van der Waals surface area contributed by atoms with Gasteiger partial charge in [0.25, 0.3) is 0 Å². The molecule has 0 spiro atoms. The lowest BCUT2D eigenvalue weighted by molar-refractivity contribution is 0.294. The Balaban J connectivity index is 1.63. The summed E-state index contributed by atoms with van der Waals surface area (Å²) in [5, 5.41) is 4.50. The molecule has 0 atom stereocenters. The van der Waals surface area contributed by atoms with Crippen LogP contribution in [0.15, 0.2) is 115 Å². The van der Waals surface area contributed by atoms with E-state index in [0.717, 1.165) is 25.9 Å². The van der Waals surface area contributed by atoms with Crippen molar-refractivity contribution >= 4 is 37.2 Å². The Morgan fingerprint density at radius 1 is 0.667 bits per heavy atom. The van der Waals surface area contributed by atoms with Crippen LogP contribution in [0.5, 0.6) is 0 Å². The maximum Gasteiger partial charge on any atom is 0.192 e. The Hall–Kier alpha value is -2.71. The summed E-state index contributed by atoms with van der Waals surface area (Å²) in [6.45, 7) is 16.5. The molecule has 0 heterocycles. The van der Waals surface area contributed by atoms with E-state index in [1.807, 2.05) is 0 Å². The lowest BCUT2D eigenvalue weighted by Crippen LogP contribution is -2.42. The molecule has 0 aliphatic heterocycles. The van der Waals surface area contributed by atoms with E-state index in [0.29, 0.717) is 0 Å². The van der Waals surface area contributed by atoms with Crippen LogP contribution >= 0.6 is 7.26 Å². The number of nitrogens with zero attached hydrogens (tertiary/aromatic N) is 1. The zero-order valence-electron chi connectivity index (χ0n) is 24.6. The van der Waals surface area contributed by atoms with E-state index in [-0.39, 0.29) is 5.04 Å². The zero-order chi connectivity index (χ0) is 27.9. The zero-order valence-corrected chi connectivity index (χ0v) is 26.5. The van der Waals surface area contributed by atoms with Gasteiger partial charge in [0, 0.05) is 18.8 Å². The second kappa shape index (κ2) is 12.6. The Labute approximate surface area is 238 Å². The highest BCUT2D eigenvalue weighted by Gasteiger charge is 2.45. The molecule has 0 aromatic heterocycles. The van der Waals surface area contributed by atoms with Gasteiger partial charge in [0.2, 0.25) is 0 Å². The number of rotatable bonds is 11. The van der Waals surface area contributed by atoms with Crippen molar-refractivity contribution in [3.05, 3.63) is 121 Å². The van der Waals surface area contributed by atoms with Gasteiger partial charge in [0.15, 0.2) is 8.32 Å². The third kappa shape index (κ3) is 6.72. The molecular formula is C35H45NOPSi+. The standard InChI is InChI=1S/C35H45NOPSi/c1-7-36(27-28-37-39(5,6)35(2,3)4)31-25-23-30(24-26-31)29-38(32-17-11-8-12-18-32,33-19-13-9-14-20-33)34-21-15-10-16-22-34/h8-26H,7,27-29H2,1-6H3/q+1. The van der Waals surface area contributed by atoms with Crippen LogP contribution in [0.25, 0.3) is 0 Å². The van der Waals surface area contributed by atoms with E-state index in [1.54, 1.807) is 0 Å². The maximum absolute atomic E-state index is 6.49. The van der Waals surface area contributed by atoms with E-state index < -0.39 is 15.6 Å². The number of hydrogen-bond acceptors (Lipinski definition) is 2. The van der Waals surface area contributed by atoms with Crippen LogP contribution in [0.3, 0.4) is 0 Å². The molecule has 0 saturated carbocycles. The lowest BCUT2D eigenvalue weighted by Gasteiger charge is -2.37. The highest BCUT2D eigenvalue weighted by molar-refractivity contribution is 7.95. The van der Waals surface area contributed by atoms with Crippen LogP contribution in [0.1, 0.15) is 33.3 Å². The fourth-order valence-electron chi connectivity index (χ4n) is 4.95. The molecule has 0 aliphatic rings. The van der Waals surface area contributed by atoms with Crippen molar-refractivity contribution < 1.29 is 4.43 Å². The fourth-order valence-corrected chi connectivity index (χ4v) is 10.2. The molecule has 0 N–H and O–H groups in total. The number of hydrogen-bond donors (Lipinski definition) is 0. The van der Waals surface area contributed by atoms with Crippen molar-refractivity contribution in [2.75, 3.05) is 24.6 Å². The van der Waals surface area contributed by atoms with Gasteiger partial charge in [-0.15, -0.1) is 0 Å². The summed E-state index contributed by atoms with van der Waals surface area (Å²) in [6.07, 6.45) is 0.992. The summed E-state index contributed by atoms with van der Waals surface area (Å²) >= 11 is 0. The molecule has 4 aromatic rings. The molecule has 4 aromatic carbocycles. The topological polar surface area (TPSA) is 12.5 Å². The smallest absolute Gasteiger partial charge is 0.192 e. The molecule has 4 heteroatoms.